The van der Waals surface area contributed by atoms with Crippen LogP contribution in [0, 0.1) is 5.92 Å². The summed E-state index contributed by atoms with van der Waals surface area (Å²) in [5.41, 5.74) is -0.646. The topological polar surface area (TPSA) is 78.1 Å². The number of rotatable bonds is 5. The van der Waals surface area contributed by atoms with E-state index in [-0.39, 0.29) is 17.6 Å². The van der Waals surface area contributed by atoms with Crippen LogP contribution in [0.15, 0.2) is 35.1 Å². The van der Waals surface area contributed by atoms with Crippen LogP contribution in [0.3, 0.4) is 0 Å². The van der Waals surface area contributed by atoms with Crippen molar-refractivity contribution in [3.63, 3.8) is 0 Å². The molecule has 144 valence electrons. The van der Waals surface area contributed by atoms with Gasteiger partial charge in [0.05, 0.1) is 11.6 Å². The first-order chi connectivity index (χ1) is 12.6. The number of nitrogens with one attached hydrogen (secondary N) is 2. The maximum absolute atomic E-state index is 12.7. The van der Waals surface area contributed by atoms with Crippen molar-refractivity contribution in [1.82, 2.24) is 15.3 Å². The second-order valence-electron chi connectivity index (χ2n) is 6.76. The average Bonchev–Trinajstić information content (AvgIpc) is 3.43. The first-order valence-corrected chi connectivity index (χ1v) is 8.42. The summed E-state index contributed by atoms with van der Waals surface area (Å²) in [5, 5.41) is 2.81. The lowest BCUT2D eigenvalue weighted by atomic mass is 10.0. The molecule has 3 rings (SSSR count). The van der Waals surface area contributed by atoms with Gasteiger partial charge in [-0.2, -0.15) is 13.2 Å². The maximum atomic E-state index is 12.7. The molecule has 2 aromatic rings. The van der Waals surface area contributed by atoms with Crippen LogP contribution >= 0.6 is 0 Å². The zero-order chi connectivity index (χ0) is 19.8. The molecule has 6 nitrogen and oxygen atoms in total. The molecule has 1 aliphatic carbocycles. The molecule has 9 heteroatoms. The van der Waals surface area contributed by atoms with Crippen molar-refractivity contribution in [2.45, 2.75) is 25.1 Å². The molecular formula is C18H19F3N4O2. The fraction of sp³-hybridized carbons (Fsp3) is 0.389. The number of hydrogen-bond donors (Lipinski definition) is 2. The predicted octanol–water partition coefficient (Wildman–Crippen LogP) is 2.74. The Balaban J connectivity index is 1.83. The van der Waals surface area contributed by atoms with Crippen molar-refractivity contribution in [3.05, 3.63) is 57.5 Å². The number of aromatic amines is 1. The number of anilines is 1. The van der Waals surface area contributed by atoms with Gasteiger partial charge in [-0.3, -0.25) is 14.6 Å². The summed E-state index contributed by atoms with van der Waals surface area (Å²) < 4.78 is 38.2. The van der Waals surface area contributed by atoms with E-state index >= 15 is 0 Å². The maximum Gasteiger partial charge on any atom is 0.416 e. The van der Waals surface area contributed by atoms with E-state index in [0.717, 1.165) is 31.0 Å². The normalized spacial score (nSPS) is 15.3. The second-order valence-corrected chi connectivity index (χ2v) is 6.76. The SMILES string of the molecule is CN(C)c1nc(C(=O)NC(c2ccc(C(F)(F)F)cc2)C2CC2)cc(=O)[nH]1. The lowest BCUT2D eigenvalue weighted by Gasteiger charge is -2.20. The van der Waals surface area contributed by atoms with Gasteiger partial charge in [0.25, 0.3) is 11.5 Å². The van der Waals surface area contributed by atoms with Crippen LogP contribution in [-0.2, 0) is 6.18 Å². The van der Waals surface area contributed by atoms with Gasteiger partial charge in [-0.1, -0.05) is 12.1 Å². The van der Waals surface area contributed by atoms with E-state index in [1.165, 1.54) is 12.1 Å². The van der Waals surface area contributed by atoms with Crippen molar-refractivity contribution < 1.29 is 18.0 Å². The van der Waals surface area contributed by atoms with Gasteiger partial charge in [-0.25, -0.2) is 4.98 Å². The quantitative estimate of drug-likeness (QED) is 0.836. The molecule has 0 aliphatic heterocycles. The molecule has 0 bridgehead atoms. The Morgan fingerprint density at radius 2 is 1.89 bits per heavy atom. The highest BCUT2D eigenvalue weighted by atomic mass is 19.4. The molecule has 2 N–H and O–H groups in total. The minimum Gasteiger partial charge on any atom is -0.348 e. The van der Waals surface area contributed by atoms with Crippen LogP contribution in [0.1, 0.15) is 40.5 Å². The van der Waals surface area contributed by atoms with Crippen molar-refractivity contribution >= 4 is 11.9 Å². The second kappa shape index (κ2) is 7.05. The fourth-order valence-corrected chi connectivity index (χ4v) is 2.77. The number of H-pyrrole nitrogens is 1. The molecule has 1 atom stereocenters. The van der Waals surface area contributed by atoms with Crippen LogP contribution in [-0.4, -0.2) is 30.0 Å². The molecule has 1 unspecified atom stereocenters. The first kappa shape index (κ1) is 18.9. The minimum absolute atomic E-state index is 0.0417. The molecular weight excluding hydrogens is 361 g/mol. The smallest absolute Gasteiger partial charge is 0.348 e. The summed E-state index contributed by atoms with van der Waals surface area (Å²) in [7, 11) is 3.35. The van der Waals surface area contributed by atoms with Gasteiger partial charge in [-0.05, 0) is 36.5 Å². The van der Waals surface area contributed by atoms with E-state index in [1.54, 1.807) is 19.0 Å². The molecule has 0 radical (unpaired) electrons. The van der Waals surface area contributed by atoms with E-state index in [2.05, 4.69) is 15.3 Å². The number of benzene rings is 1. The zero-order valence-corrected chi connectivity index (χ0v) is 14.8. The number of aromatic nitrogens is 2. The van der Waals surface area contributed by atoms with Gasteiger partial charge in [0, 0.05) is 20.2 Å². The average molecular weight is 380 g/mol. The van der Waals surface area contributed by atoms with Crippen molar-refractivity contribution in [2.75, 3.05) is 19.0 Å². The number of halogens is 3. The highest BCUT2D eigenvalue weighted by Crippen LogP contribution is 2.41. The summed E-state index contributed by atoms with van der Waals surface area (Å²) >= 11 is 0. The van der Waals surface area contributed by atoms with Crippen molar-refractivity contribution in [3.8, 4) is 0 Å². The highest BCUT2D eigenvalue weighted by Gasteiger charge is 2.35. The molecule has 1 amide bonds. The fourth-order valence-electron chi connectivity index (χ4n) is 2.77. The third-order valence-electron chi connectivity index (χ3n) is 4.36. The predicted molar refractivity (Wildman–Crippen MR) is 93.6 cm³/mol. The van der Waals surface area contributed by atoms with Crippen LogP contribution in [0.4, 0.5) is 19.1 Å². The molecule has 1 fully saturated rings. The molecule has 1 aromatic heterocycles. The summed E-state index contributed by atoms with van der Waals surface area (Å²) in [6, 6.07) is 5.44. The number of amides is 1. The highest BCUT2D eigenvalue weighted by molar-refractivity contribution is 5.92. The Morgan fingerprint density at radius 1 is 1.26 bits per heavy atom. The van der Waals surface area contributed by atoms with Crippen LogP contribution in [0.25, 0.3) is 0 Å². The Kier molecular flexibility index (Phi) is 4.95. The van der Waals surface area contributed by atoms with Crippen molar-refractivity contribution in [1.29, 1.82) is 0 Å². The third-order valence-corrected chi connectivity index (χ3v) is 4.36. The van der Waals surface area contributed by atoms with E-state index in [0.29, 0.717) is 5.56 Å². The Labute approximate surface area is 153 Å². The number of alkyl halides is 3. The van der Waals surface area contributed by atoms with E-state index in [9.17, 15) is 22.8 Å². The van der Waals surface area contributed by atoms with Crippen molar-refractivity contribution in [2.24, 2.45) is 5.92 Å². The zero-order valence-electron chi connectivity index (χ0n) is 14.8. The third kappa shape index (κ3) is 4.47. The van der Waals surface area contributed by atoms with Crippen LogP contribution in [0.5, 0.6) is 0 Å². The Hall–Kier alpha value is -2.84. The van der Waals surface area contributed by atoms with Crippen LogP contribution < -0.4 is 15.8 Å². The van der Waals surface area contributed by atoms with E-state index in [1.807, 2.05) is 0 Å². The van der Waals surface area contributed by atoms with E-state index in [4.69, 9.17) is 0 Å². The standard InChI is InChI=1S/C18H19F3N4O2/c1-25(2)17-22-13(9-14(26)23-17)16(27)24-15(10-3-4-10)11-5-7-12(8-6-11)18(19,20)21/h5-10,15H,3-4H2,1-2H3,(H,24,27)(H,22,23,26). The van der Waals surface area contributed by atoms with Gasteiger partial charge >= 0.3 is 6.18 Å². The summed E-state index contributed by atoms with van der Waals surface area (Å²) in [6.45, 7) is 0. The van der Waals surface area contributed by atoms with Crippen LogP contribution in [0.2, 0.25) is 0 Å². The lowest BCUT2D eigenvalue weighted by molar-refractivity contribution is -0.137. The molecule has 0 spiro atoms. The summed E-state index contributed by atoms with van der Waals surface area (Å²) in [4.78, 5) is 32.5. The molecule has 1 saturated carbocycles. The Morgan fingerprint density at radius 3 is 2.41 bits per heavy atom. The minimum atomic E-state index is -4.41. The number of hydrogen-bond acceptors (Lipinski definition) is 4. The summed E-state index contributed by atoms with van der Waals surface area (Å²) in [5.74, 6) is -0.146. The van der Waals surface area contributed by atoms with Gasteiger partial charge in [0.1, 0.15) is 5.69 Å². The summed E-state index contributed by atoms with van der Waals surface area (Å²) in [6.07, 6.45) is -2.66. The van der Waals surface area contributed by atoms with Gasteiger partial charge in [0.15, 0.2) is 0 Å². The van der Waals surface area contributed by atoms with E-state index < -0.39 is 29.2 Å². The Bertz CT molecular complexity index is 887. The largest absolute Gasteiger partial charge is 0.416 e. The molecule has 1 heterocycles. The molecule has 1 aromatic carbocycles. The lowest BCUT2D eigenvalue weighted by Crippen LogP contribution is -2.32. The number of nitrogens with zero attached hydrogens (tertiary/aromatic N) is 2. The number of carbonyl (C=O) groups is 1. The van der Waals surface area contributed by atoms with Gasteiger partial charge < -0.3 is 10.2 Å². The van der Waals surface area contributed by atoms with Gasteiger partial charge in [0.2, 0.25) is 5.95 Å². The molecule has 1 aliphatic rings. The monoisotopic (exact) mass is 380 g/mol. The molecule has 0 saturated heterocycles. The first-order valence-electron chi connectivity index (χ1n) is 8.42. The van der Waals surface area contributed by atoms with Gasteiger partial charge in [-0.15, -0.1) is 0 Å². The molecule has 27 heavy (non-hydrogen) atoms. The number of carbonyl (C=O) groups excluding carboxylic acids is 1.